The molecule has 2 N–H and O–H groups in total. The van der Waals surface area contributed by atoms with Crippen molar-refractivity contribution in [1.29, 1.82) is 0 Å². The molecule has 200 valence electrons. The lowest BCUT2D eigenvalue weighted by Crippen LogP contribution is -2.39. The average molecular weight is 517 g/mol. The third kappa shape index (κ3) is 6.34. The molecule has 0 radical (unpaired) electrons. The Bertz CT molecular complexity index is 1260. The molecule has 1 atom stereocenters. The maximum absolute atomic E-state index is 11.3. The smallest absolute Gasteiger partial charge is 0.333 e. The molecule has 0 aliphatic carbocycles. The Labute approximate surface area is 224 Å². The Morgan fingerprint density at radius 3 is 2.45 bits per heavy atom. The summed E-state index contributed by atoms with van der Waals surface area (Å²) in [5.74, 6) is -0.208. The first-order chi connectivity index (χ1) is 18.3. The van der Waals surface area contributed by atoms with Crippen LogP contribution in [0.1, 0.15) is 49.4 Å². The van der Waals surface area contributed by atoms with E-state index in [4.69, 9.17) is 9.47 Å². The van der Waals surface area contributed by atoms with E-state index in [1.165, 1.54) is 11.3 Å². The van der Waals surface area contributed by atoms with Gasteiger partial charge in [0.2, 0.25) is 0 Å². The Balaban J connectivity index is 1.42. The van der Waals surface area contributed by atoms with Crippen LogP contribution < -0.4 is 9.64 Å². The van der Waals surface area contributed by atoms with Crippen LogP contribution in [0.15, 0.2) is 78.0 Å². The van der Waals surface area contributed by atoms with E-state index < -0.39 is 12.1 Å². The van der Waals surface area contributed by atoms with E-state index in [0.29, 0.717) is 25.3 Å². The number of anilines is 1. The van der Waals surface area contributed by atoms with Gasteiger partial charge in [-0.2, -0.15) is 0 Å². The molecule has 3 aromatic carbocycles. The van der Waals surface area contributed by atoms with Crippen LogP contribution in [0.3, 0.4) is 0 Å². The number of oxime groups is 1. The highest BCUT2D eigenvalue weighted by Gasteiger charge is 2.31. The van der Waals surface area contributed by atoms with Gasteiger partial charge < -0.3 is 24.7 Å². The van der Waals surface area contributed by atoms with E-state index in [1.54, 1.807) is 6.92 Å². The molecule has 7 heteroatoms. The van der Waals surface area contributed by atoms with Crippen molar-refractivity contribution in [2.45, 2.75) is 45.1 Å². The predicted octanol–water partition coefficient (Wildman–Crippen LogP) is 5.51. The SMILES string of the molecule is CCO[C@@H](Cc1ccc(OCCN2CCC(C)(C)c3cc(/C(=N\O)c4ccccc4)ccc32)cc1)C(=O)O. The van der Waals surface area contributed by atoms with Crippen LogP contribution in [0.4, 0.5) is 5.69 Å². The van der Waals surface area contributed by atoms with Crippen LogP contribution in [-0.4, -0.2) is 54.4 Å². The van der Waals surface area contributed by atoms with Crippen molar-refractivity contribution in [2.24, 2.45) is 5.16 Å². The normalized spacial score (nSPS) is 15.6. The molecular formula is C31H36N2O5. The molecule has 7 nitrogen and oxygen atoms in total. The number of hydrogen-bond donors (Lipinski definition) is 2. The summed E-state index contributed by atoms with van der Waals surface area (Å²) in [6.45, 7) is 8.83. The van der Waals surface area contributed by atoms with Crippen LogP contribution in [0.25, 0.3) is 0 Å². The van der Waals surface area contributed by atoms with Crippen LogP contribution in [0, 0.1) is 0 Å². The van der Waals surface area contributed by atoms with Gasteiger partial charge in [0.15, 0.2) is 6.10 Å². The third-order valence-electron chi connectivity index (χ3n) is 7.11. The number of nitrogens with zero attached hydrogens (tertiary/aromatic N) is 2. The van der Waals surface area contributed by atoms with Crippen molar-refractivity contribution in [3.63, 3.8) is 0 Å². The molecule has 1 aliphatic heterocycles. The lowest BCUT2D eigenvalue weighted by molar-refractivity contribution is -0.149. The summed E-state index contributed by atoms with van der Waals surface area (Å²) in [7, 11) is 0. The minimum absolute atomic E-state index is 0.00884. The molecule has 0 amide bonds. The van der Waals surface area contributed by atoms with Gasteiger partial charge >= 0.3 is 5.97 Å². The number of benzene rings is 3. The highest BCUT2D eigenvalue weighted by molar-refractivity contribution is 6.12. The minimum Gasteiger partial charge on any atom is -0.492 e. The van der Waals surface area contributed by atoms with Gasteiger partial charge in [-0.3, -0.25) is 0 Å². The molecule has 3 aromatic rings. The molecule has 1 heterocycles. The highest BCUT2D eigenvalue weighted by Crippen LogP contribution is 2.40. The maximum atomic E-state index is 11.3. The Hall–Kier alpha value is -3.84. The zero-order chi connectivity index (χ0) is 27.1. The van der Waals surface area contributed by atoms with Crippen LogP contribution in [0.2, 0.25) is 0 Å². The van der Waals surface area contributed by atoms with Crippen molar-refractivity contribution in [3.05, 3.63) is 95.1 Å². The van der Waals surface area contributed by atoms with E-state index in [0.717, 1.165) is 42.0 Å². The molecule has 1 aliphatic rings. The largest absolute Gasteiger partial charge is 0.492 e. The molecule has 0 bridgehead atoms. The molecule has 38 heavy (non-hydrogen) atoms. The zero-order valence-electron chi connectivity index (χ0n) is 22.3. The molecular weight excluding hydrogens is 480 g/mol. The fourth-order valence-electron chi connectivity index (χ4n) is 4.91. The maximum Gasteiger partial charge on any atom is 0.333 e. The second-order valence-electron chi connectivity index (χ2n) is 10.1. The van der Waals surface area contributed by atoms with Crippen molar-refractivity contribution >= 4 is 17.4 Å². The van der Waals surface area contributed by atoms with E-state index in [2.05, 4.69) is 36.0 Å². The van der Waals surface area contributed by atoms with E-state index in [1.807, 2.05) is 60.7 Å². The van der Waals surface area contributed by atoms with Gasteiger partial charge in [-0.1, -0.05) is 67.5 Å². The van der Waals surface area contributed by atoms with Crippen molar-refractivity contribution in [1.82, 2.24) is 0 Å². The summed E-state index contributed by atoms with van der Waals surface area (Å²) in [5, 5.41) is 22.7. The van der Waals surface area contributed by atoms with Gasteiger partial charge in [0.25, 0.3) is 0 Å². The van der Waals surface area contributed by atoms with Crippen LogP contribution >= 0.6 is 0 Å². The van der Waals surface area contributed by atoms with Gasteiger partial charge in [-0.15, -0.1) is 0 Å². The lowest BCUT2D eigenvalue weighted by Gasteiger charge is -2.40. The lowest BCUT2D eigenvalue weighted by atomic mass is 9.76. The fourth-order valence-corrected chi connectivity index (χ4v) is 4.91. The number of fused-ring (bicyclic) bond motifs is 1. The first kappa shape index (κ1) is 27.2. The number of rotatable bonds is 11. The van der Waals surface area contributed by atoms with Crippen molar-refractivity contribution < 1.29 is 24.6 Å². The average Bonchev–Trinajstić information content (AvgIpc) is 2.92. The van der Waals surface area contributed by atoms with Crippen molar-refractivity contribution in [2.75, 3.05) is 31.2 Å². The molecule has 0 unspecified atom stereocenters. The first-order valence-corrected chi connectivity index (χ1v) is 13.1. The monoisotopic (exact) mass is 516 g/mol. The first-order valence-electron chi connectivity index (χ1n) is 13.1. The number of ether oxygens (including phenoxy) is 2. The van der Waals surface area contributed by atoms with Crippen LogP contribution in [0.5, 0.6) is 5.75 Å². The third-order valence-corrected chi connectivity index (χ3v) is 7.11. The summed E-state index contributed by atoms with van der Waals surface area (Å²) in [5.41, 5.74) is 5.60. The summed E-state index contributed by atoms with van der Waals surface area (Å²) in [6, 6.07) is 23.5. The van der Waals surface area contributed by atoms with E-state index >= 15 is 0 Å². The fraction of sp³-hybridized carbons (Fsp3) is 0.355. The quantitative estimate of drug-likeness (QED) is 0.198. The molecule has 0 aromatic heterocycles. The van der Waals surface area contributed by atoms with Gasteiger partial charge in [-0.25, -0.2) is 4.79 Å². The summed E-state index contributed by atoms with van der Waals surface area (Å²) in [4.78, 5) is 13.7. The van der Waals surface area contributed by atoms with Gasteiger partial charge in [-0.05, 0) is 54.2 Å². The molecule has 0 fully saturated rings. The molecule has 0 saturated heterocycles. The number of carboxylic acid groups (broad SMARTS) is 1. The number of carboxylic acids is 1. The zero-order valence-corrected chi connectivity index (χ0v) is 22.3. The number of aliphatic carboxylic acids is 1. The summed E-state index contributed by atoms with van der Waals surface area (Å²) in [6.07, 6.45) is 0.474. The number of carbonyl (C=O) groups is 1. The van der Waals surface area contributed by atoms with Crippen LogP contribution in [-0.2, 0) is 21.4 Å². The second kappa shape index (κ2) is 12.1. The van der Waals surface area contributed by atoms with E-state index in [-0.39, 0.29) is 5.41 Å². The highest BCUT2D eigenvalue weighted by atomic mass is 16.5. The summed E-state index contributed by atoms with van der Waals surface area (Å²) < 4.78 is 11.3. The van der Waals surface area contributed by atoms with Crippen molar-refractivity contribution in [3.8, 4) is 5.75 Å². The van der Waals surface area contributed by atoms with E-state index in [9.17, 15) is 15.1 Å². The predicted molar refractivity (Wildman–Crippen MR) is 149 cm³/mol. The molecule has 0 saturated carbocycles. The second-order valence-corrected chi connectivity index (χ2v) is 10.1. The van der Waals surface area contributed by atoms with Gasteiger partial charge in [0.1, 0.15) is 18.1 Å². The Kier molecular flexibility index (Phi) is 8.69. The minimum atomic E-state index is -0.954. The number of hydrogen-bond acceptors (Lipinski definition) is 6. The topological polar surface area (TPSA) is 91.6 Å². The summed E-state index contributed by atoms with van der Waals surface area (Å²) >= 11 is 0. The molecule has 4 rings (SSSR count). The van der Waals surface area contributed by atoms with Gasteiger partial charge in [0, 0.05) is 36.4 Å². The standard InChI is InChI=1S/C31H36N2O5/c1-4-37-28(30(34)35)20-22-10-13-25(14-11-22)38-19-18-33-17-16-31(2,3)26-21-24(12-15-27(26)33)29(32-36)23-8-6-5-7-9-23/h5-15,21,28,36H,4,16-20H2,1-3H3,(H,34,35)/b32-29-/t28-/m0/s1. The Morgan fingerprint density at radius 2 is 1.79 bits per heavy atom. The Morgan fingerprint density at radius 1 is 1.05 bits per heavy atom. The van der Waals surface area contributed by atoms with Gasteiger partial charge in [0.05, 0.1) is 6.54 Å². The molecule has 0 spiro atoms.